The van der Waals surface area contributed by atoms with Crippen molar-refractivity contribution >= 4 is 0 Å². The molecule has 0 radical (unpaired) electrons. The number of nitro groups is 2. The smallest absolute Gasteiger partial charge is 0.279 e. The van der Waals surface area contributed by atoms with E-state index < -0.39 is 29.6 Å². The Bertz CT molecular complexity index is 841. The van der Waals surface area contributed by atoms with Gasteiger partial charge in [-0.05, 0) is 38.8 Å². The van der Waals surface area contributed by atoms with E-state index in [1.165, 1.54) is 0 Å². The molecule has 0 aromatic heterocycles. The normalized spacial score (nSPS) is 26.6. The van der Waals surface area contributed by atoms with Crippen LogP contribution >= 0.6 is 0 Å². The second-order valence-electron chi connectivity index (χ2n) is 8.24. The summed E-state index contributed by atoms with van der Waals surface area (Å²) >= 11 is 0. The average molecular weight is 384 g/mol. The monoisotopic (exact) mass is 384 g/mol. The Hall–Kier alpha value is -2.80. The van der Waals surface area contributed by atoms with Gasteiger partial charge < -0.3 is 5.32 Å². The summed E-state index contributed by atoms with van der Waals surface area (Å²) in [6, 6.07) is 12.0. The van der Waals surface area contributed by atoms with Crippen molar-refractivity contribution in [2.45, 2.75) is 51.9 Å². The van der Waals surface area contributed by atoms with Gasteiger partial charge in [-0.2, -0.15) is 0 Å². The van der Waals surface area contributed by atoms with Crippen LogP contribution in [0.1, 0.15) is 48.2 Å². The number of rotatable bonds is 4. The third-order valence-corrected chi connectivity index (χ3v) is 6.17. The summed E-state index contributed by atoms with van der Waals surface area (Å²) in [5.41, 5.74) is 2.49. The summed E-state index contributed by atoms with van der Waals surface area (Å²) < 4.78 is 0. The van der Waals surface area contributed by atoms with Crippen molar-refractivity contribution in [1.82, 2.24) is 0 Å². The van der Waals surface area contributed by atoms with Crippen LogP contribution in [-0.2, 0) is 0 Å². The lowest BCUT2D eigenvalue weighted by Crippen LogP contribution is -2.96. The molecule has 1 aliphatic rings. The molecule has 0 spiro atoms. The van der Waals surface area contributed by atoms with Gasteiger partial charge >= 0.3 is 0 Å². The number of nitrogens with two attached hydrogens (primary N) is 1. The molecular formula is C21H26N3O4+. The first-order chi connectivity index (χ1) is 13.2. The van der Waals surface area contributed by atoms with E-state index in [1.54, 1.807) is 13.8 Å². The number of hydrogen-bond acceptors (Lipinski definition) is 4. The quantitative estimate of drug-likeness (QED) is 0.646. The number of aryl methyl sites for hydroxylation is 2. The van der Waals surface area contributed by atoms with Crippen LogP contribution in [0.5, 0.6) is 0 Å². The molecule has 1 saturated heterocycles. The van der Waals surface area contributed by atoms with Crippen molar-refractivity contribution in [2.24, 2.45) is 5.41 Å². The second-order valence-corrected chi connectivity index (χ2v) is 8.24. The van der Waals surface area contributed by atoms with E-state index >= 15 is 0 Å². The van der Waals surface area contributed by atoms with Crippen LogP contribution in [0.25, 0.3) is 0 Å². The van der Waals surface area contributed by atoms with E-state index in [0.29, 0.717) is 0 Å². The Morgan fingerprint density at radius 3 is 1.46 bits per heavy atom. The maximum Gasteiger partial charge on any atom is 0.279 e. The minimum absolute atomic E-state index is 0.335. The zero-order valence-electron chi connectivity index (χ0n) is 16.5. The van der Waals surface area contributed by atoms with Gasteiger partial charge in [0.1, 0.15) is 5.41 Å². The predicted molar refractivity (Wildman–Crippen MR) is 105 cm³/mol. The Morgan fingerprint density at radius 2 is 1.14 bits per heavy atom. The SMILES string of the molecule is Cc1ccccc1[C@H]1[NH2+][C@@H](c2ccccc2C)[C@@H]([N+](=O)[O-])C(C)(C)[C@H]1[N+](=O)[O-]. The van der Waals surface area contributed by atoms with E-state index in [4.69, 9.17) is 0 Å². The van der Waals surface area contributed by atoms with Crippen LogP contribution in [0, 0.1) is 39.5 Å². The van der Waals surface area contributed by atoms with Gasteiger partial charge in [0.05, 0.1) is 0 Å². The highest BCUT2D eigenvalue weighted by Gasteiger charge is 2.66. The highest BCUT2D eigenvalue weighted by molar-refractivity contribution is 5.32. The fourth-order valence-electron chi connectivity index (χ4n) is 4.81. The van der Waals surface area contributed by atoms with Crippen molar-refractivity contribution in [1.29, 1.82) is 0 Å². The van der Waals surface area contributed by atoms with E-state index in [9.17, 15) is 20.2 Å². The lowest BCUT2D eigenvalue weighted by molar-refractivity contribution is -0.819. The zero-order chi connectivity index (χ0) is 20.6. The molecule has 0 aliphatic carbocycles. The van der Waals surface area contributed by atoms with Crippen molar-refractivity contribution < 1.29 is 15.2 Å². The summed E-state index contributed by atoms with van der Waals surface area (Å²) in [5.74, 6) is 0. The number of benzene rings is 2. The highest BCUT2D eigenvalue weighted by atomic mass is 16.6. The molecule has 3 rings (SSSR count). The van der Waals surface area contributed by atoms with Gasteiger partial charge in [0.15, 0.2) is 12.1 Å². The molecule has 148 valence electrons. The number of piperidine rings is 1. The maximum absolute atomic E-state index is 12.1. The minimum atomic E-state index is -1.14. The third kappa shape index (κ3) is 3.26. The molecule has 1 fully saturated rings. The maximum atomic E-state index is 12.1. The lowest BCUT2D eigenvalue weighted by atomic mass is 9.66. The first-order valence-electron chi connectivity index (χ1n) is 9.39. The fraction of sp³-hybridized carbons (Fsp3) is 0.429. The Labute approximate surface area is 164 Å². The van der Waals surface area contributed by atoms with Crippen LogP contribution in [0.15, 0.2) is 48.5 Å². The Morgan fingerprint density at radius 1 is 0.786 bits per heavy atom. The van der Waals surface area contributed by atoms with Crippen molar-refractivity contribution in [3.05, 3.63) is 91.0 Å². The molecule has 7 heteroatoms. The summed E-state index contributed by atoms with van der Waals surface area (Å²) in [6.07, 6.45) is 0. The fourth-order valence-corrected chi connectivity index (χ4v) is 4.81. The minimum Gasteiger partial charge on any atom is -0.322 e. The van der Waals surface area contributed by atoms with Crippen LogP contribution in [-0.4, -0.2) is 21.9 Å². The molecule has 1 heterocycles. The molecule has 0 amide bonds. The Balaban J connectivity index is 2.21. The highest BCUT2D eigenvalue weighted by Crippen LogP contribution is 2.43. The van der Waals surface area contributed by atoms with E-state index in [0.717, 1.165) is 22.3 Å². The molecule has 0 bridgehead atoms. The summed E-state index contributed by atoms with van der Waals surface area (Å²) in [4.78, 5) is 23.5. The van der Waals surface area contributed by atoms with Crippen LogP contribution in [0.3, 0.4) is 0 Å². The molecule has 1 aliphatic heterocycles. The summed E-state index contributed by atoms with van der Waals surface area (Å²) in [6.45, 7) is 7.18. The third-order valence-electron chi connectivity index (χ3n) is 6.17. The summed E-state index contributed by atoms with van der Waals surface area (Å²) in [5, 5.41) is 26.1. The topological polar surface area (TPSA) is 103 Å². The molecule has 7 nitrogen and oxygen atoms in total. The Kier molecular flexibility index (Phi) is 5.21. The molecule has 4 atom stereocenters. The van der Waals surface area contributed by atoms with Crippen molar-refractivity contribution in [3.8, 4) is 0 Å². The van der Waals surface area contributed by atoms with Gasteiger partial charge in [0.25, 0.3) is 12.1 Å². The number of nitrogens with zero attached hydrogens (tertiary/aromatic N) is 2. The molecule has 2 N–H and O–H groups in total. The standard InChI is InChI=1S/C21H25N3O4/c1-13-9-5-7-11-15(13)17-19(23(25)26)21(3,4)20(24(27)28)18(22-17)16-12-8-6-10-14(16)2/h5-12,17-20,22H,1-4H3/p+1/t17-,18+,19+,20-. The molecule has 2 aromatic rings. The van der Waals surface area contributed by atoms with Gasteiger partial charge in [0.2, 0.25) is 0 Å². The van der Waals surface area contributed by atoms with Crippen LogP contribution < -0.4 is 5.32 Å². The zero-order valence-corrected chi connectivity index (χ0v) is 16.5. The number of hydrogen-bond donors (Lipinski definition) is 1. The van der Waals surface area contributed by atoms with Crippen LogP contribution in [0.2, 0.25) is 0 Å². The second kappa shape index (κ2) is 7.31. The van der Waals surface area contributed by atoms with Gasteiger partial charge in [0, 0.05) is 21.0 Å². The van der Waals surface area contributed by atoms with E-state index in [1.807, 2.05) is 67.7 Å². The average Bonchev–Trinajstić information content (AvgIpc) is 2.60. The van der Waals surface area contributed by atoms with Crippen LogP contribution in [0.4, 0.5) is 0 Å². The molecule has 2 aromatic carbocycles. The summed E-state index contributed by atoms with van der Waals surface area (Å²) in [7, 11) is 0. The number of quaternary nitrogens is 1. The van der Waals surface area contributed by atoms with Gasteiger partial charge in [-0.15, -0.1) is 0 Å². The van der Waals surface area contributed by atoms with E-state index in [2.05, 4.69) is 0 Å². The van der Waals surface area contributed by atoms with Gasteiger partial charge in [-0.3, -0.25) is 20.2 Å². The molecule has 28 heavy (non-hydrogen) atoms. The first-order valence-corrected chi connectivity index (χ1v) is 9.39. The lowest BCUT2D eigenvalue weighted by Gasteiger charge is -2.42. The van der Waals surface area contributed by atoms with Gasteiger partial charge in [-0.25, -0.2) is 0 Å². The van der Waals surface area contributed by atoms with E-state index in [-0.39, 0.29) is 9.85 Å². The van der Waals surface area contributed by atoms with Crippen molar-refractivity contribution in [2.75, 3.05) is 0 Å². The largest absolute Gasteiger partial charge is 0.322 e. The van der Waals surface area contributed by atoms with Gasteiger partial charge in [-0.1, -0.05) is 48.5 Å². The molecule has 0 saturated carbocycles. The molecule has 0 unspecified atom stereocenters. The molecular weight excluding hydrogens is 358 g/mol. The predicted octanol–water partition coefficient (Wildman–Crippen LogP) is 2.98. The van der Waals surface area contributed by atoms with Crippen molar-refractivity contribution in [3.63, 3.8) is 0 Å². The first kappa shape index (κ1) is 19.9.